The third-order valence-electron chi connectivity index (χ3n) is 1.74. The van der Waals surface area contributed by atoms with Gasteiger partial charge in [0, 0.05) is 0 Å². The summed E-state index contributed by atoms with van der Waals surface area (Å²) in [6.45, 7) is 4.94. The van der Waals surface area contributed by atoms with Gasteiger partial charge < -0.3 is 4.74 Å². The normalized spacial score (nSPS) is 19.5. The van der Waals surface area contributed by atoms with Crippen molar-refractivity contribution in [1.82, 2.24) is 4.72 Å². The molecule has 1 amide bonds. The fraction of sp³-hybridized carbons (Fsp3) is 0.875. The molecule has 7 heteroatoms. The van der Waals surface area contributed by atoms with Gasteiger partial charge in [0.05, 0.1) is 0 Å². The van der Waals surface area contributed by atoms with Crippen LogP contribution in [0.25, 0.3) is 0 Å². The van der Waals surface area contributed by atoms with Crippen molar-refractivity contribution in [1.29, 1.82) is 0 Å². The molecule has 88 valence electrons. The zero-order valence-corrected chi connectivity index (χ0v) is 10.4. The maximum atomic E-state index is 11.5. The Hall–Kier alpha value is -0.490. The van der Waals surface area contributed by atoms with Crippen molar-refractivity contribution in [2.24, 2.45) is 0 Å². The Labute approximate surface area is 94.2 Å². The van der Waals surface area contributed by atoms with Gasteiger partial charge in [-0.05, 0) is 33.6 Å². The molecule has 0 heterocycles. The number of alkyl halides is 1. The summed E-state index contributed by atoms with van der Waals surface area (Å²) in [7, 11) is -3.82. The fourth-order valence-corrected chi connectivity index (χ4v) is 2.16. The second-order valence-corrected chi connectivity index (χ2v) is 7.43. The van der Waals surface area contributed by atoms with Crippen LogP contribution in [0.15, 0.2) is 0 Å². The van der Waals surface area contributed by atoms with E-state index in [1.54, 1.807) is 25.5 Å². The Kier molecular flexibility index (Phi) is 2.95. The molecule has 1 fully saturated rings. The monoisotopic (exact) mass is 255 g/mol. The minimum atomic E-state index is -3.82. The van der Waals surface area contributed by atoms with E-state index in [1.807, 2.05) is 0 Å². The smallest absolute Gasteiger partial charge is 0.421 e. The van der Waals surface area contributed by atoms with Crippen molar-refractivity contribution in [2.45, 2.75) is 43.4 Å². The Balaban J connectivity index is 2.60. The van der Waals surface area contributed by atoms with Gasteiger partial charge in [-0.15, -0.1) is 0 Å². The van der Waals surface area contributed by atoms with Gasteiger partial charge in [-0.2, -0.15) is 0 Å². The van der Waals surface area contributed by atoms with E-state index in [0.29, 0.717) is 12.8 Å². The van der Waals surface area contributed by atoms with Crippen molar-refractivity contribution in [3.8, 4) is 0 Å². The number of carbonyl (C=O) groups excluding carboxylic acids is 1. The van der Waals surface area contributed by atoms with E-state index in [0.717, 1.165) is 0 Å². The van der Waals surface area contributed by atoms with Crippen LogP contribution in [0.5, 0.6) is 0 Å². The third-order valence-corrected chi connectivity index (χ3v) is 4.54. The first-order valence-corrected chi connectivity index (χ1v) is 6.36. The average Bonchev–Trinajstić information content (AvgIpc) is 2.62. The molecule has 0 radical (unpaired) electrons. The molecule has 5 nitrogen and oxygen atoms in total. The maximum absolute atomic E-state index is 11.5. The lowest BCUT2D eigenvalue weighted by Gasteiger charge is -2.20. The number of hydrogen-bond acceptors (Lipinski definition) is 4. The molecule has 0 aromatic heterocycles. The SMILES string of the molecule is CC(C)(C)OC(=O)NS(=O)(=O)C1(Cl)CC1. The van der Waals surface area contributed by atoms with Crippen LogP contribution in [0.3, 0.4) is 0 Å². The van der Waals surface area contributed by atoms with Crippen LogP contribution in [0.4, 0.5) is 4.79 Å². The first kappa shape index (κ1) is 12.6. The van der Waals surface area contributed by atoms with E-state index in [1.165, 1.54) is 0 Å². The van der Waals surface area contributed by atoms with Crippen LogP contribution in [-0.4, -0.2) is 24.3 Å². The molecule has 1 rings (SSSR count). The summed E-state index contributed by atoms with van der Waals surface area (Å²) in [5.74, 6) is 0. The summed E-state index contributed by atoms with van der Waals surface area (Å²) in [4.78, 5) is 11.2. The van der Waals surface area contributed by atoms with Gasteiger partial charge in [0.25, 0.3) is 10.0 Å². The molecular formula is C8H14ClNO4S. The van der Waals surface area contributed by atoms with Crippen molar-refractivity contribution >= 4 is 27.7 Å². The van der Waals surface area contributed by atoms with Gasteiger partial charge in [0.2, 0.25) is 0 Å². The number of sulfonamides is 1. The van der Waals surface area contributed by atoms with E-state index >= 15 is 0 Å². The van der Waals surface area contributed by atoms with E-state index in [-0.39, 0.29) is 0 Å². The number of halogens is 1. The molecule has 0 aromatic carbocycles. The highest BCUT2D eigenvalue weighted by atomic mass is 35.5. The van der Waals surface area contributed by atoms with Crippen molar-refractivity contribution in [3.05, 3.63) is 0 Å². The average molecular weight is 256 g/mol. The van der Waals surface area contributed by atoms with Crippen LogP contribution in [0.1, 0.15) is 33.6 Å². The lowest BCUT2D eigenvalue weighted by molar-refractivity contribution is 0.0570. The molecule has 0 aromatic rings. The van der Waals surface area contributed by atoms with E-state index in [2.05, 4.69) is 0 Å². The highest BCUT2D eigenvalue weighted by molar-refractivity contribution is 7.93. The van der Waals surface area contributed by atoms with Crippen LogP contribution in [0, 0.1) is 0 Å². The highest BCUT2D eigenvalue weighted by Gasteiger charge is 2.54. The Bertz CT molecular complexity index is 367. The summed E-state index contributed by atoms with van der Waals surface area (Å²) in [6, 6.07) is 0. The summed E-state index contributed by atoms with van der Waals surface area (Å²) >= 11 is 5.69. The highest BCUT2D eigenvalue weighted by Crippen LogP contribution is 2.46. The molecule has 0 saturated heterocycles. The van der Waals surface area contributed by atoms with Gasteiger partial charge >= 0.3 is 6.09 Å². The molecule has 15 heavy (non-hydrogen) atoms. The molecule has 1 aliphatic carbocycles. The summed E-state index contributed by atoms with van der Waals surface area (Å²) < 4.78 is 28.2. The van der Waals surface area contributed by atoms with Crippen LogP contribution >= 0.6 is 11.6 Å². The largest absolute Gasteiger partial charge is 0.443 e. The van der Waals surface area contributed by atoms with Crippen LogP contribution in [-0.2, 0) is 14.8 Å². The van der Waals surface area contributed by atoms with Crippen LogP contribution < -0.4 is 4.72 Å². The van der Waals surface area contributed by atoms with E-state index < -0.39 is 25.9 Å². The quantitative estimate of drug-likeness (QED) is 0.761. The zero-order valence-electron chi connectivity index (χ0n) is 8.83. The molecule has 0 bridgehead atoms. The number of rotatable bonds is 2. The van der Waals surface area contributed by atoms with Gasteiger partial charge in [0.15, 0.2) is 4.21 Å². The van der Waals surface area contributed by atoms with Crippen LogP contribution in [0.2, 0.25) is 0 Å². The summed E-state index contributed by atoms with van der Waals surface area (Å²) in [5.41, 5.74) is -0.734. The second-order valence-electron chi connectivity index (χ2n) is 4.49. The summed E-state index contributed by atoms with van der Waals surface area (Å²) in [6.07, 6.45) is -0.284. The Morgan fingerprint density at radius 3 is 2.20 bits per heavy atom. The standard InChI is InChI=1S/C8H14ClNO4S/c1-7(2,3)14-6(11)10-15(12,13)8(9)4-5-8/h4-5H2,1-3H3,(H,10,11). The molecular weight excluding hydrogens is 242 g/mol. The third kappa shape index (κ3) is 3.24. The number of hydrogen-bond donors (Lipinski definition) is 1. The first-order chi connectivity index (χ1) is 6.56. The number of nitrogens with one attached hydrogen (secondary N) is 1. The molecule has 0 spiro atoms. The van der Waals surface area contributed by atoms with Crippen molar-refractivity contribution in [2.75, 3.05) is 0 Å². The molecule has 1 aliphatic rings. The topological polar surface area (TPSA) is 72.5 Å². The number of amides is 1. The first-order valence-electron chi connectivity index (χ1n) is 4.50. The molecule has 0 aliphatic heterocycles. The van der Waals surface area contributed by atoms with Gasteiger partial charge in [-0.1, -0.05) is 11.6 Å². The predicted octanol–water partition coefficient (Wildman–Crippen LogP) is 1.57. The predicted molar refractivity (Wildman–Crippen MR) is 56.1 cm³/mol. The Morgan fingerprint density at radius 2 is 1.87 bits per heavy atom. The van der Waals surface area contributed by atoms with Crippen molar-refractivity contribution < 1.29 is 17.9 Å². The van der Waals surface area contributed by atoms with E-state index in [4.69, 9.17) is 16.3 Å². The zero-order chi connectivity index (χ0) is 11.9. The van der Waals surface area contributed by atoms with Gasteiger partial charge in [-0.3, -0.25) is 0 Å². The van der Waals surface area contributed by atoms with Gasteiger partial charge in [-0.25, -0.2) is 17.9 Å². The lowest BCUT2D eigenvalue weighted by Crippen LogP contribution is -2.40. The minimum Gasteiger partial charge on any atom is -0.443 e. The maximum Gasteiger partial charge on any atom is 0.421 e. The lowest BCUT2D eigenvalue weighted by atomic mass is 10.2. The molecule has 0 unspecified atom stereocenters. The number of carbonyl (C=O) groups is 1. The molecule has 1 saturated carbocycles. The van der Waals surface area contributed by atoms with E-state index in [9.17, 15) is 13.2 Å². The minimum absolute atomic E-state index is 0.354. The second kappa shape index (κ2) is 3.52. The van der Waals surface area contributed by atoms with Gasteiger partial charge in [0.1, 0.15) is 5.60 Å². The number of ether oxygens (including phenoxy) is 1. The summed E-state index contributed by atoms with van der Waals surface area (Å²) in [5, 5.41) is 0. The fourth-order valence-electron chi connectivity index (χ4n) is 0.867. The molecule has 0 atom stereocenters. The van der Waals surface area contributed by atoms with Crippen molar-refractivity contribution in [3.63, 3.8) is 0 Å². The molecule has 1 N–H and O–H groups in total. The Morgan fingerprint density at radius 1 is 1.40 bits per heavy atom.